The van der Waals surface area contributed by atoms with Crippen molar-refractivity contribution in [3.05, 3.63) is 71.3 Å². The SMILES string of the molecule is COc1ccc([C@@H](O)Cn2cnc(C(=O)Nc3ccc(C)cc3C)n2)cc1. The molecule has 0 aliphatic carbocycles. The Morgan fingerprint density at radius 2 is 1.96 bits per heavy atom. The predicted octanol–water partition coefficient (Wildman–Crippen LogP) is 2.89. The average molecular weight is 366 g/mol. The van der Waals surface area contributed by atoms with Crippen LogP contribution in [-0.2, 0) is 6.54 Å². The maximum Gasteiger partial charge on any atom is 0.295 e. The highest BCUT2D eigenvalue weighted by Gasteiger charge is 2.15. The van der Waals surface area contributed by atoms with Gasteiger partial charge in [-0.3, -0.25) is 4.79 Å². The van der Waals surface area contributed by atoms with Crippen molar-refractivity contribution in [2.24, 2.45) is 0 Å². The number of aryl methyl sites for hydroxylation is 2. The van der Waals surface area contributed by atoms with E-state index in [1.165, 1.54) is 11.0 Å². The summed E-state index contributed by atoms with van der Waals surface area (Å²) in [6.07, 6.45) is 0.664. The van der Waals surface area contributed by atoms with E-state index in [1.807, 2.05) is 32.0 Å². The second-order valence-corrected chi connectivity index (χ2v) is 6.35. The zero-order valence-corrected chi connectivity index (χ0v) is 15.5. The van der Waals surface area contributed by atoms with E-state index in [-0.39, 0.29) is 18.3 Å². The Morgan fingerprint density at radius 1 is 1.22 bits per heavy atom. The number of benzene rings is 2. The van der Waals surface area contributed by atoms with Crippen molar-refractivity contribution in [3.63, 3.8) is 0 Å². The topological polar surface area (TPSA) is 89.3 Å². The molecule has 0 saturated heterocycles. The molecule has 7 nitrogen and oxygen atoms in total. The number of hydrogen-bond donors (Lipinski definition) is 2. The van der Waals surface area contributed by atoms with Crippen LogP contribution < -0.4 is 10.1 Å². The van der Waals surface area contributed by atoms with Gasteiger partial charge in [-0.1, -0.05) is 29.8 Å². The molecule has 140 valence electrons. The highest BCUT2D eigenvalue weighted by Crippen LogP contribution is 2.19. The Balaban J connectivity index is 1.65. The average Bonchev–Trinajstić information content (AvgIpc) is 3.12. The number of carbonyl (C=O) groups is 1. The Hall–Kier alpha value is -3.19. The number of aromatic nitrogens is 3. The molecule has 3 rings (SSSR count). The lowest BCUT2D eigenvalue weighted by Crippen LogP contribution is -2.16. The maximum absolute atomic E-state index is 12.4. The third-order valence-corrected chi connectivity index (χ3v) is 4.23. The highest BCUT2D eigenvalue weighted by atomic mass is 16.5. The minimum absolute atomic E-state index is 0.0527. The molecule has 2 aromatic carbocycles. The molecule has 0 aliphatic rings. The number of amides is 1. The number of anilines is 1. The minimum atomic E-state index is -0.770. The van der Waals surface area contributed by atoms with Crippen LogP contribution in [-0.4, -0.2) is 32.9 Å². The molecule has 1 amide bonds. The monoisotopic (exact) mass is 366 g/mol. The third-order valence-electron chi connectivity index (χ3n) is 4.23. The molecule has 0 unspecified atom stereocenters. The molecule has 0 aliphatic heterocycles. The first-order valence-electron chi connectivity index (χ1n) is 8.56. The lowest BCUT2D eigenvalue weighted by molar-refractivity contribution is 0.101. The number of nitrogens with zero attached hydrogens (tertiary/aromatic N) is 3. The Bertz CT molecular complexity index is 935. The molecule has 1 aromatic heterocycles. The van der Waals surface area contributed by atoms with E-state index in [0.717, 1.165) is 28.1 Å². The van der Waals surface area contributed by atoms with Gasteiger partial charge >= 0.3 is 0 Å². The molecule has 0 spiro atoms. The van der Waals surface area contributed by atoms with Gasteiger partial charge in [-0.2, -0.15) is 0 Å². The fraction of sp³-hybridized carbons (Fsp3) is 0.250. The molecule has 7 heteroatoms. The fourth-order valence-corrected chi connectivity index (χ4v) is 2.73. The number of aliphatic hydroxyl groups excluding tert-OH is 1. The van der Waals surface area contributed by atoms with Gasteiger partial charge in [-0.15, -0.1) is 5.10 Å². The molecule has 1 atom stereocenters. The molecule has 3 aromatic rings. The molecule has 0 radical (unpaired) electrons. The first kappa shape index (κ1) is 18.6. The van der Waals surface area contributed by atoms with Crippen LogP contribution in [0.2, 0.25) is 0 Å². The summed E-state index contributed by atoms with van der Waals surface area (Å²) in [6.45, 7) is 4.12. The van der Waals surface area contributed by atoms with Crippen LogP contribution in [0.3, 0.4) is 0 Å². The van der Waals surface area contributed by atoms with Crippen LogP contribution in [0.1, 0.15) is 33.4 Å². The Morgan fingerprint density at radius 3 is 2.63 bits per heavy atom. The van der Waals surface area contributed by atoms with E-state index >= 15 is 0 Å². The van der Waals surface area contributed by atoms with Gasteiger partial charge in [0, 0.05) is 5.69 Å². The van der Waals surface area contributed by atoms with Gasteiger partial charge in [0.1, 0.15) is 12.1 Å². The maximum atomic E-state index is 12.4. The minimum Gasteiger partial charge on any atom is -0.497 e. The van der Waals surface area contributed by atoms with Crippen molar-refractivity contribution in [1.82, 2.24) is 14.8 Å². The van der Waals surface area contributed by atoms with Crippen molar-refractivity contribution in [2.45, 2.75) is 26.5 Å². The smallest absolute Gasteiger partial charge is 0.295 e. The van der Waals surface area contributed by atoms with Gasteiger partial charge in [-0.25, -0.2) is 9.67 Å². The molecule has 27 heavy (non-hydrogen) atoms. The van der Waals surface area contributed by atoms with Gasteiger partial charge in [0.05, 0.1) is 19.8 Å². The van der Waals surface area contributed by atoms with Gasteiger partial charge in [0.2, 0.25) is 5.82 Å². The predicted molar refractivity (Wildman–Crippen MR) is 102 cm³/mol. The zero-order chi connectivity index (χ0) is 19.4. The number of rotatable bonds is 6. The number of nitrogens with one attached hydrogen (secondary N) is 1. The largest absolute Gasteiger partial charge is 0.497 e. The van der Waals surface area contributed by atoms with E-state index in [2.05, 4.69) is 15.4 Å². The fourth-order valence-electron chi connectivity index (χ4n) is 2.73. The van der Waals surface area contributed by atoms with Crippen LogP contribution in [0, 0.1) is 13.8 Å². The van der Waals surface area contributed by atoms with Gasteiger partial charge in [0.25, 0.3) is 5.91 Å². The van der Waals surface area contributed by atoms with E-state index < -0.39 is 6.10 Å². The number of carbonyl (C=O) groups excluding carboxylic acids is 1. The number of aliphatic hydroxyl groups is 1. The Labute approximate surface area is 157 Å². The van der Waals surface area contributed by atoms with Crippen LogP contribution in [0.4, 0.5) is 5.69 Å². The number of ether oxygens (including phenoxy) is 1. The molecule has 1 heterocycles. The van der Waals surface area contributed by atoms with Crippen molar-refractivity contribution in [2.75, 3.05) is 12.4 Å². The summed E-state index contributed by atoms with van der Waals surface area (Å²) >= 11 is 0. The number of methoxy groups -OCH3 is 1. The van der Waals surface area contributed by atoms with Crippen molar-refractivity contribution < 1.29 is 14.6 Å². The summed E-state index contributed by atoms with van der Waals surface area (Å²) < 4.78 is 6.56. The van der Waals surface area contributed by atoms with E-state index in [4.69, 9.17) is 4.74 Å². The number of hydrogen-bond acceptors (Lipinski definition) is 5. The first-order chi connectivity index (χ1) is 13.0. The summed E-state index contributed by atoms with van der Waals surface area (Å²) in [4.78, 5) is 16.4. The second kappa shape index (κ2) is 8.01. The summed E-state index contributed by atoms with van der Waals surface area (Å²) in [7, 11) is 1.59. The van der Waals surface area contributed by atoms with Crippen molar-refractivity contribution in [3.8, 4) is 5.75 Å². The molecule has 0 saturated carbocycles. The van der Waals surface area contributed by atoms with E-state index in [1.54, 1.807) is 31.4 Å². The Kier molecular flexibility index (Phi) is 5.52. The van der Waals surface area contributed by atoms with Crippen molar-refractivity contribution >= 4 is 11.6 Å². The van der Waals surface area contributed by atoms with Gasteiger partial charge in [-0.05, 0) is 43.2 Å². The van der Waals surface area contributed by atoms with E-state index in [0.29, 0.717) is 0 Å². The quantitative estimate of drug-likeness (QED) is 0.700. The lowest BCUT2D eigenvalue weighted by Gasteiger charge is -2.11. The third kappa shape index (κ3) is 4.51. The van der Waals surface area contributed by atoms with Gasteiger partial charge in [0.15, 0.2) is 0 Å². The summed E-state index contributed by atoms with van der Waals surface area (Å²) in [5, 5.41) is 17.3. The van der Waals surface area contributed by atoms with Crippen LogP contribution in [0.15, 0.2) is 48.8 Å². The summed E-state index contributed by atoms with van der Waals surface area (Å²) in [6, 6.07) is 12.9. The normalized spacial score (nSPS) is 11.9. The highest BCUT2D eigenvalue weighted by molar-refractivity contribution is 6.01. The van der Waals surface area contributed by atoms with Crippen LogP contribution >= 0.6 is 0 Å². The molecule has 2 N–H and O–H groups in total. The van der Waals surface area contributed by atoms with Gasteiger partial charge < -0.3 is 15.2 Å². The van der Waals surface area contributed by atoms with Crippen LogP contribution in [0.25, 0.3) is 0 Å². The summed E-state index contributed by atoms with van der Waals surface area (Å²) in [5.74, 6) is 0.383. The molecular formula is C20H22N4O3. The molecular weight excluding hydrogens is 344 g/mol. The van der Waals surface area contributed by atoms with Crippen LogP contribution in [0.5, 0.6) is 5.75 Å². The standard InChI is InChI=1S/C20H22N4O3/c1-13-4-9-17(14(2)10-13)22-20(26)19-21-12-24(23-19)11-18(25)15-5-7-16(27-3)8-6-15/h4-10,12,18,25H,11H2,1-3H3,(H,22,26)/t18-/m0/s1. The molecule has 0 fully saturated rings. The second-order valence-electron chi connectivity index (χ2n) is 6.35. The zero-order valence-electron chi connectivity index (χ0n) is 15.5. The summed E-state index contributed by atoms with van der Waals surface area (Å²) in [5.41, 5.74) is 3.55. The lowest BCUT2D eigenvalue weighted by atomic mass is 10.1. The van der Waals surface area contributed by atoms with E-state index in [9.17, 15) is 9.90 Å². The first-order valence-corrected chi connectivity index (χ1v) is 8.56. The van der Waals surface area contributed by atoms with Crippen molar-refractivity contribution in [1.29, 1.82) is 0 Å². The molecule has 0 bridgehead atoms.